The van der Waals surface area contributed by atoms with Crippen LogP contribution >= 0.6 is 0 Å². The van der Waals surface area contributed by atoms with Crippen molar-refractivity contribution in [2.75, 3.05) is 6.61 Å². The molecule has 98 valence electrons. The van der Waals surface area contributed by atoms with Crippen LogP contribution in [0.3, 0.4) is 0 Å². The van der Waals surface area contributed by atoms with Crippen molar-refractivity contribution < 1.29 is 14.6 Å². The van der Waals surface area contributed by atoms with Gasteiger partial charge < -0.3 is 15.2 Å². The standard InChI is InChI=1S/C14H19NO3/c1-8(7-16)15-14(17)12-6-4-5-11-9(2)10(3)18-13(11)12/h4-6,8-10,16H,7H2,1-3H3,(H,15,17). The van der Waals surface area contributed by atoms with Crippen LogP contribution in [-0.2, 0) is 0 Å². The number of carbonyl (C=O) groups excluding carboxylic acids is 1. The molecule has 18 heavy (non-hydrogen) atoms. The van der Waals surface area contributed by atoms with Crippen molar-refractivity contribution in [1.29, 1.82) is 0 Å². The first-order chi connectivity index (χ1) is 8.54. The van der Waals surface area contributed by atoms with Gasteiger partial charge in [0.2, 0.25) is 0 Å². The molecule has 3 unspecified atom stereocenters. The Morgan fingerprint density at radius 1 is 1.50 bits per heavy atom. The molecule has 1 amide bonds. The van der Waals surface area contributed by atoms with E-state index in [9.17, 15) is 4.79 Å². The smallest absolute Gasteiger partial charge is 0.255 e. The normalized spacial score (nSPS) is 23.1. The Balaban J connectivity index is 2.28. The van der Waals surface area contributed by atoms with E-state index in [4.69, 9.17) is 9.84 Å². The molecule has 0 saturated carbocycles. The summed E-state index contributed by atoms with van der Waals surface area (Å²) >= 11 is 0. The van der Waals surface area contributed by atoms with Gasteiger partial charge in [-0.25, -0.2) is 0 Å². The molecule has 1 aliphatic rings. The summed E-state index contributed by atoms with van der Waals surface area (Å²) in [6.45, 7) is 5.78. The zero-order valence-electron chi connectivity index (χ0n) is 10.9. The van der Waals surface area contributed by atoms with Crippen molar-refractivity contribution in [2.24, 2.45) is 0 Å². The van der Waals surface area contributed by atoms with Crippen LogP contribution in [0.15, 0.2) is 18.2 Å². The van der Waals surface area contributed by atoms with E-state index in [1.165, 1.54) is 0 Å². The number of rotatable bonds is 3. The van der Waals surface area contributed by atoms with E-state index >= 15 is 0 Å². The third kappa shape index (κ3) is 2.20. The lowest BCUT2D eigenvalue weighted by Gasteiger charge is -2.13. The number of nitrogens with one attached hydrogen (secondary N) is 1. The van der Waals surface area contributed by atoms with Crippen LogP contribution in [-0.4, -0.2) is 29.8 Å². The van der Waals surface area contributed by atoms with Crippen LogP contribution in [0.2, 0.25) is 0 Å². The number of hydrogen-bond acceptors (Lipinski definition) is 3. The Kier molecular flexibility index (Phi) is 3.57. The summed E-state index contributed by atoms with van der Waals surface area (Å²) in [5.41, 5.74) is 1.62. The van der Waals surface area contributed by atoms with Gasteiger partial charge in [-0.05, 0) is 19.9 Å². The molecule has 4 heteroatoms. The lowest BCUT2D eigenvalue weighted by molar-refractivity contribution is 0.0917. The molecule has 1 aliphatic heterocycles. The number of amides is 1. The van der Waals surface area contributed by atoms with Gasteiger partial charge in [0.25, 0.3) is 5.91 Å². The summed E-state index contributed by atoms with van der Waals surface area (Å²) in [6.07, 6.45) is 0.0872. The largest absolute Gasteiger partial charge is 0.489 e. The molecule has 3 atom stereocenters. The minimum Gasteiger partial charge on any atom is -0.489 e. The zero-order chi connectivity index (χ0) is 13.3. The average Bonchev–Trinajstić information content (AvgIpc) is 2.65. The summed E-state index contributed by atoms with van der Waals surface area (Å²) in [6, 6.07) is 5.36. The highest BCUT2D eigenvalue weighted by molar-refractivity contribution is 5.97. The number of aliphatic hydroxyl groups is 1. The topological polar surface area (TPSA) is 58.6 Å². The van der Waals surface area contributed by atoms with Gasteiger partial charge >= 0.3 is 0 Å². The Morgan fingerprint density at radius 2 is 2.22 bits per heavy atom. The van der Waals surface area contributed by atoms with Crippen LogP contribution in [0.4, 0.5) is 0 Å². The molecule has 0 aliphatic carbocycles. The molecule has 2 rings (SSSR count). The number of aliphatic hydroxyl groups excluding tert-OH is 1. The molecule has 0 bridgehead atoms. The van der Waals surface area contributed by atoms with Crippen molar-refractivity contribution in [3.63, 3.8) is 0 Å². The Labute approximate surface area is 107 Å². The summed E-state index contributed by atoms with van der Waals surface area (Å²) in [5.74, 6) is 0.776. The summed E-state index contributed by atoms with van der Waals surface area (Å²) < 4.78 is 5.76. The molecule has 0 radical (unpaired) electrons. The maximum Gasteiger partial charge on any atom is 0.255 e. The first-order valence-corrected chi connectivity index (χ1v) is 6.26. The van der Waals surface area contributed by atoms with Gasteiger partial charge in [0.05, 0.1) is 12.2 Å². The van der Waals surface area contributed by atoms with Crippen LogP contribution < -0.4 is 10.1 Å². The van der Waals surface area contributed by atoms with Gasteiger partial charge in [0.1, 0.15) is 11.9 Å². The molecule has 0 fully saturated rings. The van der Waals surface area contributed by atoms with Crippen LogP contribution in [0, 0.1) is 0 Å². The van der Waals surface area contributed by atoms with Crippen LogP contribution in [0.25, 0.3) is 0 Å². The maximum atomic E-state index is 12.1. The molecule has 4 nitrogen and oxygen atoms in total. The minimum absolute atomic E-state index is 0.0750. The molecular weight excluding hydrogens is 230 g/mol. The Hall–Kier alpha value is -1.55. The Morgan fingerprint density at radius 3 is 2.89 bits per heavy atom. The SMILES string of the molecule is CC(CO)NC(=O)c1cccc2c1OC(C)C2C. The van der Waals surface area contributed by atoms with Crippen molar-refractivity contribution in [3.05, 3.63) is 29.3 Å². The fourth-order valence-electron chi connectivity index (χ4n) is 2.11. The van der Waals surface area contributed by atoms with E-state index in [1.807, 2.05) is 19.1 Å². The second kappa shape index (κ2) is 4.98. The van der Waals surface area contributed by atoms with Crippen molar-refractivity contribution in [2.45, 2.75) is 38.8 Å². The van der Waals surface area contributed by atoms with Crippen LogP contribution in [0.1, 0.15) is 42.6 Å². The van der Waals surface area contributed by atoms with Gasteiger partial charge in [-0.15, -0.1) is 0 Å². The molecule has 2 N–H and O–H groups in total. The highest BCUT2D eigenvalue weighted by Crippen LogP contribution is 2.40. The highest BCUT2D eigenvalue weighted by atomic mass is 16.5. The zero-order valence-corrected chi connectivity index (χ0v) is 10.9. The predicted molar refractivity (Wildman–Crippen MR) is 69.0 cm³/mol. The summed E-state index contributed by atoms with van der Waals surface area (Å²) in [5, 5.41) is 11.7. The number of carbonyl (C=O) groups is 1. The third-order valence-corrected chi connectivity index (χ3v) is 3.44. The molecule has 1 aromatic carbocycles. The quantitative estimate of drug-likeness (QED) is 0.857. The molecule has 1 aromatic rings. The van der Waals surface area contributed by atoms with Crippen LogP contribution in [0.5, 0.6) is 5.75 Å². The summed E-state index contributed by atoms with van der Waals surface area (Å²) in [7, 11) is 0. The maximum absolute atomic E-state index is 12.1. The van der Waals surface area contributed by atoms with E-state index in [0.717, 1.165) is 5.56 Å². The van der Waals surface area contributed by atoms with E-state index < -0.39 is 0 Å². The average molecular weight is 249 g/mol. The second-order valence-electron chi connectivity index (χ2n) is 4.89. The van der Waals surface area contributed by atoms with E-state index in [1.54, 1.807) is 13.0 Å². The van der Waals surface area contributed by atoms with E-state index in [-0.39, 0.29) is 24.7 Å². The minimum atomic E-state index is -0.260. The van der Waals surface area contributed by atoms with Crippen molar-refractivity contribution >= 4 is 5.91 Å². The highest BCUT2D eigenvalue weighted by Gasteiger charge is 2.31. The summed E-state index contributed by atoms with van der Waals surface area (Å²) in [4.78, 5) is 12.1. The lowest BCUT2D eigenvalue weighted by atomic mass is 9.97. The first-order valence-electron chi connectivity index (χ1n) is 6.26. The van der Waals surface area contributed by atoms with Crippen molar-refractivity contribution in [1.82, 2.24) is 5.32 Å². The number of ether oxygens (including phenoxy) is 1. The molecule has 0 saturated heterocycles. The lowest BCUT2D eigenvalue weighted by Crippen LogP contribution is -2.35. The molecule has 0 aromatic heterocycles. The molecule has 1 heterocycles. The van der Waals surface area contributed by atoms with Gasteiger partial charge in [-0.1, -0.05) is 19.1 Å². The number of benzene rings is 1. The fraction of sp³-hybridized carbons (Fsp3) is 0.500. The number of fused-ring (bicyclic) bond motifs is 1. The molecular formula is C14H19NO3. The second-order valence-corrected chi connectivity index (χ2v) is 4.89. The first kappa shape index (κ1) is 12.9. The third-order valence-electron chi connectivity index (χ3n) is 3.44. The van der Waals surface area contributed by atoms with Gasteiger partial charge in [0.15, 0.2) is 0 Å². The van der Waals surface area contributed by atoms with Crippen molar-refractivity contribution in [3.8, 4) is 5.75 Å². The molecule has 0 spiro atoms. The fourth-order valence-corrected chi connectivity index (χ4v) is 2.11. The van der Waals surface area contributed by atoms with E-state index in [0.29, 0.717) is 17.2 Å². The number of hydrogen-bond donors (Lipinski definition) is 2. The monoisotopic (exact) mass is 249 g/mol. The van der Waals surface area contributed by atoms with E-state index in [2.05, 4.69) is 12.2 Å². The van der Waals surface area contributed by atoms with Gasteiger partial charge in [0, 0.05) is 17.5 Å². The van der Waals surface area contributed by atoms with Gasteiger partial charge in [-0.2, -0.15) is 0 Å². The Bertz CT molecular complexity index is 458. The number of para-hydroxylation sites is 1. The predicted octanol–water partition coefficient (Wildman–Crippen LogP) is 1.68. The van der Waals surface area contributed by atoms with Gasteiger partial charge in [-0.3, -0.25) is 4.79 Å².